The van der Waals surface area contributed by atoms with E-state index in [2.05, 4.69) is 47.8 Å². The molecule has 17 heavy (non-hydrogen) atoms. The first-order valence-electron chi connectivity index (χ1n) is 5.72. The Kier molecular flexibility index (Phi) is 2.22. The monoisotopic (exact) mass is 223 g/mol. The minimum absolute atomic E-state index is 0.0279. The van der Waals surface area contributed by atoms with E-state index in [1.807, 2.05) is 6.08 Å². The number of carbonyl (C=O) groups excluding carboxylic acids is 1. The van der Waals surface area contributed by atoms with Gasteiger partial charge in [0.1, 0.15) is 0 Å². The quantitative estimate of drug-likeness (QED) is 0.751. The van der Waals surface area contributed by atoms with Crippen molar-refractivity contribution in [1.29, 1.82) is 0 Å². The van der Waals surface area contributed by atoms with E-state index < -0.39 is 0 Å². The van der Waals surface area contributed by atoms with Crippen LogP contribution in [0.4, 0.5) is 0 Å². The Balaban J connectivity index is 2.07. The van der Waals surface area contributed by atoms with E-state index in [0.29, 0.717) is 5.92 Å². The van der Waals surface area contributed by atoms with Gasteiger partial charge in [0.05, 0.1) is 0 Å². The maximum absolute atomic E-state index is 11.0. The van der Waals surface area contributed by atoms with Crippen molar-refractivity contribution in [2.24, 2.45) is 5.92 Å². The summed E-state index contributed by atoms with van der Waals surface area (Å²) in [6, 6.07) is 8.38. The van der Waals surface area contributed by atoms with Crippen LogP contribution in [0.3, 0.4) is 0 Å². The molecular formula is C15H13NO. The Morgan fingerprint density at radius 3 is 2.82 bits per heavy atom. The molecule has 1 aromatic carbocycles. The van der Waals surface area contributed by atoms with Crippen molar-refractivity contribution >= 4 is 17.6 Å². The summed E-state index contributed by atoms with van der Waals surface area (Å²) < 4.78 is 0. The van der Waals surface area contributed by atoms with Crippen LogP contribution in [0.1, 0.15) is 6.92 Å². The van der Waals surface area contributed by atoms with Gasteiger partial charge in [-0.15, -0.1) is 0 Å². The second-order valence-corrected chi connectivity index (χ2v) is 4.37. The van der Waals surface area contributed by atoms with Crippen LogP contribution >= 0.6 is 0 Å². The first kappa shape index (κ1) is 10.1. The van der Waals surface area contributed by atoms with Gasteiger partial charge in [0, 0.05) is 18.5 Å². The van der Waals surface area contributed by atoms with Crippen molar-refractivity contribution in [3.8, 4) is 0 Å². The molecule has 84 valence electrons. The van der Waals surface area contributed by atoms with Gasteiger partial charge in [-0.2, -0.15) is 0 Å². The highest BCUT2D eigenvalue weighted by molar-refractivity contribution is 5.79. The number of hydrogen-bond donors (Lipinski definition) is 1. The predicted molar refractivity (Wildman–Crippen MR) is 68.1 cm³/mol. The highest BCUT2D eigenvalue weighted by Crippen LogP contribution is 2.24. The van der Waals surface area contributed by atoms with E-state index >= 15 is 0 Å². The molecule has 0 saturated heterocycles. The van der Waals surface area contributed by atoms with Crippen LogP contribution in [-0.4, -0.2) is 5.91 Å². The molecule has 0 aromatic heterocycles. The van der Waals surface area contributed by atoms with E-state index in [4.69, 9.17) is 0 Å². The third kappa shape index (κ3) is 1.72. The number of nitrogens with one attached hydrogen (secondary N) is 1. The lowest BCUT2D eigenvalue weighted by Gasteiger charge is -2.14. The Hall–Kier alpha value is -2.09. The Morgan fingerprint density at radius 2 is 2.00 bits per heavy atom. The van der Waals surface area contributed by atoms with Gasteiger partial charge in [-0.05, 0) is 28.2 Å². The summed E-state index contributed by atoms with van der Waals surface area (Å²) >= 11 is 0. The minimum Gasteiger partial charge on any atom is -0.327 e. The van der Waals surface area contributed by atoms with E-state index in [-0.39, 0.29) is 5.91 Å². The van der Waals surface area contributed by atoms with Gasteiger partial charge >= 0.3 is 0 Å². The second kappa shape index (κ2) is 3.74. The number of fused-ring (bicyclic) bond motifs is 2. The summed E-state index contributed by atoms with van der Waals surface area (Å²) in [5, 5.41) is 5.40. The fraction of sp³-hybridized carbons (Fsp3) is 0.133. The first-order valence-corrected chi connectivity index (χ1v) is 5.72. The molecule has 2 aliphatic rings. The van der Waals surface area contributed by atoms with Gasteiger partial charge in [-0.1, -0.05) is 36.4 Å². The maximum atomic E-state index is 11.0. The van der Waals surface area contributed by atoms with Crippen LogP contribution in [0, 0.1) is 5.92 Å². The third-order valence-electron chi connectivity index (χ3n) is 3.11. The highest BCUT2D eigenvalue weighted by Gasteiger charge is 2.17. The topological polar surface area (TPSA) is 29.1 Å². The van der Waals surface area contributed by atoms with Crippen molar-refractivity contribution in [3.63, 3.8) is 0 Å². The average molecular weight is 223 g/mol. The number of amides is 1. The fourth-order valence-corrected chi connectivity index (χ4v) is 2.42. The first-order chi connectivity index (χ1) is 8.24. The lowest BCUT2D eigenvalue weighted by atomic mass is 9.95. The van der Waals surface area contributed by atoms with Gasteiger partial charge in [0.15, 0.2) is 0 Å². The van der Waals surface area contributed by atoms with Gasteiger partial charge in [-0.3, -0.25) is 4.79 Å². The molecule has 2 heteroatoms. The molecule has 0 aliphatic heterocycles. The Labute approximate surface area is 99.7 Å². The van der Waals surface area contributed by atoms with Crippen LogP contribution in [0.2, 0.25) is 0 Å². The minimum atomic E-state index is -0.0279. The normalized spacial score (nSPS) is 20.2. The van der Waals surface area contributed by atoms with E-state index in [1.54, 1.807) is 0 Å². The van der Waals surface area contributed by atoms with Crippen molar-refractivity contribution in [1.82, 2.24) is 5.32 Å². The Morgan fingerprint density at radius 1 is 1.18 bits per heavy atom. The summed E-state index contributed by atoms with van der Waals surface area (Å²) in [4.78, 5) is 11.0. The number of benzene rings is 1. The molecule has 0 radical (unpaired) electrons. The molecule has 0 fully saturated rings. The van der Waals surface area contributed by atoms with Gasteiger partial charge in [-0.25, -0.2) is 0 Å². The molecule has 0 heterocycles. The third-order valence-corrected chi connectivity index (χ3v) is 3.11. The molecule has 2 aliphatic carbocycles. The standard InChI is InChI=1S/C15H13NO/c1-10(17)16-13-6-7-15-12(9-13)8-11-4-2-3-5-14(11)15/h2-9,12H,1H3,(H,16,17)/t12-/m1/s1. The number of hydrogen-bond acceptors (Lipinski definition) is 1. The number of rotatable bonds is 1. The predicted octanol–water partition coefficient (Wildman–Crippen LogP) is 0.837. The van der Waals surface area contributed by atoms with Gasteiger partial charge in [0.2, 0.25) is 5.91 Å². The molecule has 3 rings (SSSR count). The molecule has 0 saturated carbocycles. The zero-order valence-corrected chi connectivity index (χ0v) is 9.60. The maximum Gasteiger partial charge on any atom is 0.221 e. The lowest BCUT2D eigenvalue weighted by Crippen LogP contribution is -2.22. The Bertz CT molecular complexity index is 664. The summed E-state index contributed by atoms with van der Waals surface area (Å²) in [6.45, 7) is 1.53. The molecule has 1 amide bonds. The average Bonchev–Trinajstić information content (AvgIpc) is 2.65. The molecule has 1 N–H and O–H groups in total. The summed E-state index contributed by atoms with van der Waals surface area (Å²) in [7, 11) is 0. The van der Waals surface area contributed by atoms with Crippen molar-refractivity contribution in [2.75, 3.05) is 0 Å². The number of allylic oxidation sites excluding steroid dienone is 3. The lowest BCUT2D eigenvalue weighted by molar-refractivity contribution is -0.118. The van der Waals surface area contributed by atoms with Gasteiger partial charge in [0.25, 0.3) is 0 Å². The molecular weight excluding hydrogens is 210 g/mol. The van der Waals surface area contributed by atoms with E-state index in [9.17, 15) is 4.79 Å². The zero-order chi connectivity index (χ0) is 11.8. The van der Waals surface area contributed by atoms with Crippen molar-refractivity contribution < 1.29 is 4.79 Å². The molecule has 0 bridgehead atoms. The molecule has 1 atom stereocenters. The second-order valence-electron chi connectivity index (χ2n) is 4.37. The summed E-state index contributed by atoms with van der Waals surface area (Å²) in [5.41, 5.74) is 2.20. The smallest absolute Gasteiger partial charge is 0.221 e. The molecule has 0 unspecified atom stereocenters. The van der Waals surface area contributed by atoms with Crippen LogP contribution in [0.5, 0.6) is 0 Å². The van der Waals surface area contributed by atoms with Gasteiger partial charge < -0.3 is 5.32 Å². The van der Waals surface area contributed by atoms with E-state index in [1.165, 1.54) is 22.9 Å². The zero-order valence-electron chi connectivity index (χ0n) is 9.60. The van der Waals surface area contributed by atoms with Crippen molar-refractivity contribution in [3.05, 3.63) is 58.6 Å². The van der Waals surface area contributed by atoms with Crippen LogP contribution in [-0.2, 0) is 4.79 Å². The van der Waals surface area contributed by atoms with Crippen LogP contribution in [0.15, 0.2) is 48.2 Å². The number of carbonyl (C=O) groups is 1. The van der Waals surface area contributed by atoms with E-state index in [0.717, 1.165) is 5.70 Å². The van der Waals surface area contributed by atoms with Crippen LogP contribution in [0.25, 0.3) is 11.6 Å². The summed E-state index contributed by atoms with van der Waals surface area (Å²) in [5.74, 6) is 0.263. The van der Waals surface area contributed by atoms with Crippen molar-refractivity contribution in [2.45, 2.75) is 6.92 Å². The SMILES string of the molecule is CC(=O)NC1=C[C@H]2C=c3ccccc3=C2C=C1. The van der Waals surface area contributed by atoms with Crippen LogP contribution < -0.4 is 15.8 Å². The highest BCUT2D eigenvalue weighted by atomic mass is 16.1. The summed E-state index contributed by atoms with van der Waals surface area (Å²) in [6.07, 6.45) is 8.38. The largest absolute Gasteiger partial charge is 0.327 e. The molecule has 0 spiro atoms. The molecule has 1 aromatic rings. The fourth-order valence-electron chi connectivity index (χ4n) is 2.42. The molecule has 2 nitrogen and oxygen atoms in total.